The van der Waals surface area contributed by atoms with Gasteiger partial charge in [0.1, 0.15) is 12.4 Å². The van der Waals surface area contributed by atoms with Crippen molar-refractivity contribution in [2.45, 2.75) is 45.6 Å². The first-order chi connectivity index (χ1) is 12.1. The predicted octanol–water partition coefficient (Wildman–Crippen LogP) is 3.41. The normalized spacial score (nSPS) is 15.8. The number of thiazole rings is 1. The van der Waals surface area contributed by atoms with Gasteiger partial charge in [-0.05, 0) is 43.9 Å². The zero-order valence-corrected chi connectivity index (χ0v) is 15.0. The molecule has 0 atom stereocenters. The van der Waals surface area contributed by atoms with Gasteiger partial charge in [0, 0.05) is 6.42 Å². The van der Waals surface area contributed by atoms with Crippen LogP contribution in [-0.4, -0.2) is 23.1 Å². The molecule has 1 aromatic heterocycles. The lowest BCUT2D eigenvalue weighted by molar-refractivity contribution is -0.143. The minimum Gasteiger partial charge on any atom is -0.465 e. The van der Waals surface area contributed by atoms with E-state index in [1.807, 2.05) is 0 Å². The van der Waals surface area contributed by atoms with E-state index in [4.69, 9.17) is 4.74 Å². The van der Waals surface area contributed by atoms with Gasteiger partial charge in [-0.1, -0.05) is 24.2 Å². The van der Waals surface area contributed by atoms with E-state index in [1.165, 1.54) is 36.3 Å². The number of rotatable bonds is 5. The standard InChI is InChI=1S/C18H21FN2O3S/c1-2-24-17(23)11-21-14-8-7-13(19)10-15(14)25-18(21)20-16(22)9-12-5-3-4-6-12/h7-8,10,12H,2-6,9,11H2,1H3. The van der Waals surface area contributed by atoms with Crippen LogP contribution in [0.5, 0.6) is 0 Å². The number of fused-ring (bicyclic) bond motifs is 1. The Kier molecular flexibility index (Phi) is 5.63. The number of esters is 1. The monoisotopic (exact) mass is 364 g/mol. The third-order valence-electron chi connectivity index (χ3n) is 4.40. The Morgan fingerprint density at radius 2 is 2.12 bits per heavy atom. The highest BCUT2D eigenvalue weighted by Crippen LogP contribution is 2.27. The van der Waals surface area contributed by atoms with Crippen molar-refractivity contribution in [3.8, 4) is 0 Å². The topological polar surface area (TPSA) is 60.7 Å². The van der Waals surface area contributed by atoms with Gasteiger partial charge in [-0.15, -0.1) is 0 Å². The molecule has 2 aromatic rings. The molecule has 7 heteroatoms. The molecule has 0 radical (unpaired) electrons. The highest BCUT2D eigenvalue weighted by Gasteiger charge is 2.19. The molecule has 1 heterocycles. The number of hydrogen-bond acceptors (Lipinski definition) is 4. The van der Waals surface area contributed by atoms with E-state index in [0.29, 0.717) is 27.4 Å². The fraction of sp³-hybridized carbons (Fsp3) is 0.500. The van der Waals surface area contributed by atoms with Gasteiger partial charge in [0.2, 0.25) is 5.91 Å². The predicted molar refractivity (Wildman–Crippen MR) is 93.6 cm³/mol. The summed E-state index contributed by atoms with van der Waals surface area (Å²) in [5, 5.41) is 0. The van der Waals surface area contributed by atoms with Crippen molar-refractivity contribution in [2.75, 3.05) is 6.61 Å². The van der Waals surface area contributed by atoms with E-state index in [2.05, 4.69) is 4.99 Å². The highest BCUT2D eigenvalue weighted by atomic mass is 32.1. The summed E-state index contributed by atoms with van der Waals surface area (Å²) in [4.78, 5) is 28.8. The molecular formula is C18H21FN2O3S. The summed E-state index contributed by atoms with van der Waals surface area (Å²) in [6.45, 7) is 1.97. The fourth-order valence-corrected chi connectivity index (χ4v) is 4.31. The number of amides is 1. The Balaban J connectivity index is 1.95. The molecule has 25 heavy (non-hydrogen) atoms. The first-order valence-corrected chi connectivity index (χ1v) is 9.40. The van der Waals surface area contributed by atoms with Crippen LogP contribution in [0.1, 0.15) is 39.0 Å². The Morgan fingerprint density at radius 3 is 2.84 bits per heavy atom. The molecule has 1 aromatic carbocycles. The number of hydrogen-bond donors (Lipinski definition) is 0. The van der Waals surface area contributed by atoms with Gasteiger partial charge in [0.25, 0.3) is 0 Å². The van der Waals surface area contributed by atoms with Gasteiger partial charge in [0.05, 0.1) is 16.8 Å². The molecule has 3 rings (SSSR count). The molecule has 0 saturated heterocycles. The second-order valence-corrected chi connectivity index (χ2v) is 7.26. The maximum Gasteiger partial charge on any atom is 0.326 e. The summed E-state index contributed by atoms with van der Waals surface area (Å²) in [6, 6.07) is 4.32. The SMILES string of the molecule is CCOC(=O)Cn1c(=NC(=O)CC2CCCC2)sc2cc(F)ccc21. The van der Waals surface area contributed by atoms with E-state index in [9.17, 15) is 14.0 Å². The van der Waals surface area contributed by atoms with Gasteiger partial charge in [-0.25, -0.2) is 4.39 Å². The zero-order chi connectivity index (χ0) is 17.8. The molecule has 0 aliphatic heterocycles. The number of benzene rings is 1. The second-order valence-electron chi connectivity index (χ2n) is 6.25. The van der Waals surface area contributed by atoms with Crippen molar-refractivity contribution < 1.29 is 18.7 Å². The van der Waals surface area contributed by atoms with Crippen LogP contribution in [0.15, 0.2) is 23.2 Å². The van der Waals surface area contributed by atoms with Crippen LogP contribution in [0.3, 0.4) is 0 Å². The lowest BCUT2D eigenvalue weighted by Crippen LogP contribution is -2.23. The minimum atomic E-state index is -0.406. The first-order valence-electron chi connectivity index (χ1n) is 8.59. The smallest absolute Gasteiger partial charge is 0.326 e. The van der Waals surface area contributed by atoms with E-state index < -0.39 is 5.97 Å². The summed E-state index contributed by atoms with van der Waals surface area (Å²) in [6.07, 6.45) is 4.91. The zero-order valence-electron chi connectivity index (χ0n) is 14.2. The largest absolute Gasteiger partial charge is 0.465 e. The molecule has 1 amide bonds. The third kappa shape index (κ3) is 4.34. The third-order valence-corrected chi connectivity index (χ3v) is 5.44. The van der Waals surface area contributed by atoms with E-state index in [-0.39, 0.29) is 24.9 Å². The number of halogens is 1. The van der Waals surface area contributed by atoms with Crippen LogP contribution in [0, 0.1) is 11.7 Å². The molecule has 1 aliphatic carbocycles. The number of nitrogens with zero attached hydrogens (tertiary/aromatic N) is 2. The highest BCUT2D eigenvalue weighted by molar-refractivity contribution is 7.16. The average molecular weight is 364 g/mol. The van der Waals surface area contributed by atoms with Crippen molar-refractivity contribution in [1.29, 1.82) is 0 Å². The van der Waals surface area contributed by atoms with Crippen LogP contribution in [0.2, 0.25) is 0 Å². The molecule has 0 bridgehead atoms. The Labute approximate surface area is 149 Å². The number of ether oxygens (including phenoxy) is 1. The summed E-state index contributed by atoms with van der Waals surface area (Å²) in [5.74, 6) is -0.546. The molecule has 0 spiro atoms. The molecule has 0 N–H and O–H groups in total. The van der Waals surface area contributed by atoms with E-state index in [0.717, 1.165) is 12.8 Å². The second kappa shape index (κ2) is 7.91. The first kappa shape index (κ1) is 17.8. The van der Waals surface area contributed by atoms with Gasteiger partial charge in [0.15, 0.2) is 4.80 Å². The summed E-state index contributed by atoms with van der Waals surface area (Å²) < 4.78 is 20.8. The van der Waals surface area contributed by atoms with Crippen LogP contribution in [0.4, 0.5) is 4.39 Å². The molecule has 1 fully saturated rings. The molecule has 0 unspecified atom stereocenters. The molecule has 5 nitrogen and oxygen atoms in total. The Hall–Kier alpha value is -2.02. The van der Waals surface area contributed by atoms with Gasteiger partial charge < -0.3 is 9.30 Å². The summed E-state index contributed by atoms with van der Waals surface area (Å²) in [5.41, 5.74) is 0.673. The Morgan fingerprint density at radius 1 is 1.36 bits per heavy atom. The van der Waals surface area contributed by atoms with Crippen LogP contribution >= 0.6 is 11.3 Å². The van der Waals surface area contributed by atoms with Crippen molar-refractivity contribution in [3.63, 3.8) is 0 Å². The van der Waals surface area contributed by atoms with Crippen molar-refractivity contribution in [2.24, 2.45) is 10.9 Å². The molecule has 1 saturated carbocycles. The average Bonchev–Trinajstić information content (AvgIpc) is 3.16. The lowest BCUT2D eigenvalue weighted by atomic mass is 10.0. The number of carbonyl (C=O) groups excluding carboxylic acids is 2. The van der Waals surface area contributed by atoms with Gasteiger partial charge >= 0.3 is 5.97 Å². The van der Waals surface area contributed by atoms with Gasteiger partial charge in [-0.2, -0.15) is 4.99 Å². The van der Waals surface area contributed by atoms with Crippen LogP contribution < -0.4 is 4.80 Å². The van der Waals surface area contributed by atoms with Crippen LogP contribution in [-0.2, 0) is 20.9 Å². The molecule has 134 valence electrons. The summed E-state index contributed by atoms with van der Waals surface area (Å²) >= 11 is 1.21. The van der Waals surface area contributed by atoms with Crippen LogP contribution in [0.25, 0.3) is 10.2 Å². The molecular weight excluding hydrogens is 343 g/mol. The van der Waals surface area contributed by atoms with Gasteiger partial charge in [-0.3, -0.25) is 9.59 Å². The minimum absolute atomic E-state index is 0.0466. The van der Waals surface area contributed by atoms with E-state index in [1.54, 1.807) is 17.6 Å². The Bertz CT molecular complexity index is 850. The summed E-state index contributed by atoms with van der Waals surface area (Å²) in [7, 11) is 0. The fourth-order valence-electron chi connectivity index (χ4n) is 3.23. The quantitative estimate of drug-likeness (QED) is 0.764. The van der Waals surface area contributed by atoms with E-state index >= 15 is 0 Å². The van der Waals surface area contributed by atoms with Crippen molar-refractivity contribution in [3.05, 3.63) is 28.8 Å². The maximum absolute atomic E-state index is 13.5. The molecule has 1 aliphatic rings. The number of aromatic nitrogens is 1. The maximum atomic E-state index is 13.5. The number of carbonyl (C=O) groups is 2. The van der Waals surface area contributed by atoms with Crippen molar-refractivity contribution in [1.82, 2.24) is 4.57 Å². The lowest BCUT2D eigenvalue weighted by Gasteiger charge is -2.06. The van der Waals surface area contributed by atoms with Crippen molar-refractivity contribution >= 4 is 33.4 Å².